The first-order chi connectivity index (χ1) is 9.70. The Labute approximate surface area is 126 Å². The second kappa shape index (κ2) is 7.09. The predicted molar refractivity (Wildman–Crippen MR) is 79.5 cm³/mol. The fraction of sp³-hybridized carbons (Fsp3) is 0.200. The molecule has 0 bridgehead atoms. The van der Waals surface area contributed by atoms with Gasteiger partial charge in [0.05, 0.1) is 28.1 Å². The van der Waals surface area contributed by atoms with E-state index in [0.717, 1.165) is 4.88 Å². The van der Waals surface area contributed by atoms with Crippen LogP contribution in [0.2, 0.25) is 5.02 Å². The number of Topliss-reactive ketones (excluding diaryl/α,β-unsaturated/α-hetero) is 1. The van der Waals surface area contributed by atoms with E-state index in [1.54, 1.807) is 18.2 Å². The number of hydrogen-bond acceptors (Lipinski definition) is 4. The van der Waals surface area contributed by atoms with Crippen LogP contribution in [0.15, 0.2) is 35.7 Å². The highest BCUT2D eigenvalue weighted by Crippen LogP contribution is 2.25. The molecule has 0 fully saturated rings. The molecule has 1 aromatic heterocycles. The molecule has 0 aliphatic heterocycles. The lowest BCUT2D eigenvalue weighted by Gasteiger charge is -2.07. The van der Waals surface area contributed by atoms with Crippen LogP contribution in [0.3, 0.4) is 0 Å². The Morgan fingerprint density at radius 2 is 2.25 bits per heavy atom. The van der Waals surface area contributed by atoms with E-state index in [0.29, 0.717) is 35.8 Å². The summed E-state index contributed by atoms with van der Waals surface area (Å²) in [6.45, 7) is 0.419. The number of rotatable bonds is 6. The molecule has 2 aromatic rings. The minimum atomic E-state index is 0.134. The first kappa shape index (κ1) is 14.6. The maximum absolute atomic E-state index is 11.8. The monoisotopic (exact) mass is 305 g/mol. The molecule has 0 unspecified atom stereocenters. The summed E-state index contributed by atoms with van der Waals surface area (Å²) in [5, 5.41) is 11.0. The van der Waals surface area contributed by atoms with Crippen molar-refractivity contribution in [2.45, 2.75) is 12.8 Å². The van der Waals surface area contributed by atoms with Crippen LogP contribution in [0.4, 0.5) is 0 Å². The number of ketones is 1. The summed E-state index contributed by atoms with van der Waals surface area (Å²) >= 11 is 7.44. The normalized spacial score (nSPS) is 10.0. The van der Waals surface area contributed by atoms with E-state index in [1.165, 1.54) is 11.3 Å². The van der Waals surface area contributed by atoms with Crippen LogP contribution in [0.1, 0.15) is 28.1 Å². The van der Waals surface area contributed by atoms with Crippen LogP contribution in [-0.2, 0) is 0 Å². The molecule has 0 saturated carbocycles. The molecule has 102 valence electrons. The minimum absolute atomic E-state index is 0.134. The van der Waals surface area contributed by atoms with E-state index in [4.69, 9.17) is 21.6 Å². The molecule has 5 heteroatoms. The Morgan fingerprint density at radius 1 is 1.40 bits per heavy atom. The number of thiophene rings is 1. The molecule has 1 heterocycles. The van der Waals surface area contributed by atoms with Gasteiger partial charge in [-0.05, 0) is 36.1 Å². The highest BCUT2D eigenvalue weighted by atomic mass is 35.5. The van der Waals surface area contributed by atoms with Crippen molar-refractivity contribution in [3.63, 3.8) is 0 Å². The van der Waals surface area contributed by atoms with Crippen LogP contribution in [0.5, 0.6) is 5.75 Å². The maximum atomic E-state index is 11.8. The molecule has 2 rings (SSSR count). The van der Waals surface area contributed by atoms with Crippen LogP contribution in [-0.4, -0.2) is 12.4 Å². The van der Waals surface area contributed by atoms with Gasteiger partial charge in [0.1, 0.15) is 5.75 Å². The van der Waals surface area contributed by atoms with E-state index in [9.17, 15) is 4.79 Å². The van der Waals surface area contributed by atoms with Gasteiger partial charge in [-0.15, -0.1) is 11.3 Å². The smallest absolute Gasteiger partial charge is 0.172 e. The van der Waals surface area contributed by atoms with E-state index < -0.39 is 0 Å². The van der Waals surface area contributed by atoms with Gasteiger partial charge in [0.15, 0.2) is 5.78 Å². The summed E-state index contributed by atoms with van der Waals surface area (Å²) in [5.74, 6) is 0.670. The lowest BCUT2D eigenvalue weighted by atomic mass is 10.2. The Balaban J connectivity index is 1.79. The summed E-state index contributed by atoms with van der Waals surface area (Å²) in [7, 11) is 0. The van der Waals surface area contributed by atoms with Crippen molar-refractivity contribution in [3.05, 3.63) is 51.2 Å². The van der Waals surface area contributed by atoms with E-state index in [2.05, 4.69) is 0 Å². The standard InChI is InChI=1S/C15H12ClNO2S/c16-12-9-11(10-17)5-6-14(12)19-7-1-3-13(18)15-4-2-8-20-15/h2,4-6,8-9H,1,3,7H2. The van der Waals surface area contributed by atoms with Gasteiger partial charge in [-0.2, -0.15) is 5.26 Å². The van der Waals surface area contributed by atoms with Gasteiger partial charge in [-0.25, -0.2) is 0 Å². The molecule has 3 nitrogen and oxygen atoms in total. The fourth-order valence-electron chi connectivity index (χ4n) is 1.66. The molecule has 0 spiro atoms. The number of benzene rings is 1. The molecule has 0 saturated heterocycles. The summed E-state index contributed by atoms with van der Waals surface area (Å²) in [4.78, 5) is 12.5. The molecule has 0 atom stereocenters. The van der Waals surface area contributed by atoms with Crippen molar-refractivity contribution < 1.29 is 9.53 Å². The molecular formula is C15H12ClNO2S. The van der Waals surface area contributed by atoms with Crippen molar-refractivity contribution in [3.8, 4) is 11.8 Å². The average Bonchev–Trinajstić information content (AvgIpc) is 2.98. The number of nitriles is 1. The van der Waals surface area contributed by atoms with Crippen LogP contribution < -0.4 is 4.74 Å². The topological polar surface area (TPSA) is 50.1 Å². The highest BCUT2D eigenvalue weighted by Gasteiger charge is 2.07. The Bertz CT molecular complexity index is 632. The number of nitrogens with zero attached hydrogens (tertiary/aromatic N) is 1. The Hall–Kier alpha value is -1.83. The van der Waals surface area contributed by atoms with Crippen LogP contribution >= 0.6 is 22.9 Å². The average molecular weight is 306 g/mol. The molecule has 0 radical (unpaired) electrons. The van der Waals surface area contributed by atoms with Gasteiger partial charge >= 0.3 is 0 Å². The van der Waals surface area contributed by atoms with Gasteiger partial charge in [0.25, 0.3) is 0 Å². The SMILES string of the molecule is N#Cc1ccc(OCCCC(=O)c2cccs2)c(Cl)c1. The number of carbonyl (C=O) groups is 1. The molecule has 20 heavy (non-hydrogen) atoms. The predicted octanol–water partition coefficient (Wildman–Crippen LogP) is 4.32. The van der Waals surface area contributed by atoms with Crippen molar-refractivity contribution in [2.24, 2.45) is 0 Å². The second-order valence-electron chi connectivity index (χ2n) is 4.11. The van der Waals surface area contributed by atoms with Crippen molar-refractivity contribution in [1.82, 2.24) is 0 Å². The summed E-state index contributed by atoms with van der Waals surface area (Å²) < 4.78 is 5.51. The number of halogens is 1. The number of hydrogen-bond donors (Lipinski definition) is 0. The van der Waals surface area contributed by atoms with Gasteiger partial charge in [0, 0.05) is 6.42 Å². The molecule has 0 aliphatic rings. The molecule has 1 aromatic carbocycles. The minimum Gasteiger partial charge on any atom is -0.492 e. The fourth-order valence-corrected chi connectivity index (χ4v) is 2.59. The third kappa shape index (κ3) is 3.83. The third-order valence-electron chi connectivity index (χ3n) is 2.66. The largest absolute Gasteiger partial charge is 0.492 e. The lowest BCUT2D eigenvalue weighted by Crippen LogP contribution is -2.02. The van der Waals surface area contributed by atoms with Crippen LogP contribution in [0, 0.1) is 11.3 Å². The molecule has 0 amide bonds. The molecule has 0 N–H and O–H groups in total. The second-order valence-corrected chi connectivity index (χ2v) is 5.46. The Morgan fingerprint density at radius 3 is 2.90 bits per heavy atom. The molecule has 0 aliphatic carbocycles. The summed E-state index contributed by atoms with van der Waals surface area (Å²) in [6.07, 6.45) is 1.08. The third-order valence-corrected chi connectivity index (χ3v) is 3.87. The summed E-state index contributed by atoms with van der Waals surface area (Å²) in [5.41, 5.74) is 0.496. The van der Waals surface area contributed by atoms with Gasteiger partial charge in [0.2, 0.25) is 0 Å². The molecular weight excluding hydrogens is 294 g/mol. The number of ether oxygens (including phenoxy) is 1. The van der Waals surface area contributed by atoms with Crippen molar-refractivity contribution in [2.75, 3.05) is 6.61 Å². The zero-order valence-electron chi connectivity index (χ0n) is 10.6. The van der Waals surface area contributed by atoms with Crippen LogP contribution in [0.25, 0.3) is 0 Å². The first-order valence-electron chi connectivity index (χ1n) is 6.10. The van der Waals surface area contributed by atoms with E-state index in [1.807, 2.05) is 23.6 Å². The zero-order chi connectivity index (χ0) is 14.4. The Kier molecular flexibility index (Phi) is 5.16. The first-order valence-corrected chi connectivity index (χ1v) is 7.35. The number of carbonyl (C=O) groups excluding carboxylic acids is 1. The van der Waals surface area contributed by atoms with Gasteiger partial charge in [-0.1, -0.05) is 17.7 Å². The summed E-state index contributed by atoms with van der Waals surface area (Å²) in [6, 6.07) is 10.6. The van der Waals surface area contributed by atoms with Crippen molar-refractivity contribution in [1.29, 1.82) is 5.26 Å². The lowest BCUT2D eigenvalue weighted by molar-refractivity contribution is 0.0977. The highest BCUT2D eigenvalue weighted by molar-refractivity contribution is 7.12. The van der Waals surface area contributed by atoms with Gasteiger partial charge in [-0.3, -0.25) is 4.79 Å². The van der Waals surface area contributed by atoms with E-state index >= 15 is 0 Å². The zero-order valence-corrected chi connectivity index (χ0v) is 12.2. The van der Waals surface area contributed by atoms with E-state index in [-0.39, 0.29) is 5.78 Å². The maximum Gasteiger partial charge on any atom is 0.172 e. The van der Waals surface area contributed by atoms with Crippen molar-refractivity contribution >= 4 is 28.7 Å². The van der Waals surface area contributed by atoms with Gasteiger partial charge < -0.3 is 4.74 Å². The quantitative estimate of drug-likeness (QED) is 0.590.